The Morgan fingerprint density at radius 3 is 2.81 bits per heavy atom. The SMILES string of the molecule is C=CCOC(=O)Nc1ccc([NH2+]Cc2ccc(F)cc2)n2ccnc12.[Cl-]. The van der Waals surface area contributed by atoms with E-state index < -0.39 is 6.09 Å². The zero-order chi connectivity index (χ0) is 17.6. The normalized spacial score (nSPS) is 10.2. The van der Waals surface area contributed by atoms with Crippen LogP contribution in [0.15, 0.2) is 61.4 Å². The Morgan fingerprint density at radius 1 is 1.31 bits per heavy atom. The molecule has 6 nitrogen and oxygen atoms in total. The average molecular weight is 377 g/mol. The van der Waals surface area contributed by atoms with Crippen molar-refractivity contribution in [2.75, 3.05) is 11.9 Å². The van der Waals surface area contributed by atoms with Crippen molar-refractivity contribution in [3.05, 3.63) is 72.8 Å². The van der Waals surface area contributed by atoms with E-state index in [1.54, 1.807) is 24.4 Å². The maximum atomic E-state index is 13.0. The van der Waals surface area contributed by atoms with Gasteiger partial charge in [0, 0.05) is 24.0 Å². The molecule has 0 atom stereocenters. The van der Waals surface area contributed by atoms with E-state index in [0.717, 1.165) is 11.4 Å². The first kappa shape index (κ1) is 19.4. The fraction of sp³-hybridized carbons (Fsp3) is 0.111. The van der Waals surface area contributed by atoms with Crippen LogP contribution in [-0.2, 0) is 11.3 Å². The van der Waals surface area contributed by atoms with Gasteiger partial charge in [-0.25, -0.2) is 14.2 Å². The number of ether oxygens (including phenoxy) is 1. The largest absolute Gasteiger partial charge is 1.00 e. The molecular formula is C18H18ClFN4O2. The van der Waals surface area contributed by atoms with E-state index in [9.17, 15) is 9.18 Å². The second-order valence-electron chi connectivity index (χ2n) is 5.34. The minimum atomic E-state index is -0.562. The topological polar surface area (TPSA) is 72.2 Å². The quantitative estimate of drug-likeness (QED) is 0.575. The molecular weight excluding hydrogens is 359 g/mol. The first-order chi connectivity index (χ1) is 12.2. The number of nitrogens with two attached hydrogens (primary N) is 1. The zero-order valence-corrected chi connectivity index (χ0v) is 14.6. The van der Waals surface area contributed by atoms with Crippen LogP contribution < -0.4 is 23.0 Å². The highest BCUT2D eigenvalue weighted by Crippen LogP contribution is 2.18. The van der Waals surface area contributed by atoms with Gasteiger partial charge in [0.25, 0.3) is 0 Å². The second kappa shape index (κ2) is 8.98. The number of carbonyl (C=O) groups excluding carboxylic acids is 1. The van der Waals surface area contributed by atoms with Crippen molar-refractivity contribution in [2.45, 2.75) is 6.54 Å². The van der Waals surface area contributed by atoms with E-state index in [1.165, 1.54) is 18.2 Å². The summed E-state index contributed by atoms with van der Waals surface area (Å²) in [4.78, 5) is 16.0. The summed E-state index contributed by atoms with van der Waals surface area (Å²) in [6.07, 6.45) is 4.41. The number of aromatic nitrogens is 2. The van der Waals surface area contributed by atoms with Crippen LogP contribution in [0.4, 0.5) is 20.7 Å². The van der Waals surface area contributed by atoms with E-state index in [4.69, 9.17) is 4.74 Å². The number of rotatable bonds is 6. The summed E-state index contributed by atoms with van der Waals surface area (Å²) < 4.78 is 19.8. The highest BCUT2D eigenvalue weighted by molar-refractivity contribution is 5.89. The molecule has 0 fully saturated rings. The molecule has 2 aromatic heterocycles. The second-order valence-corrected chi connectivity index (χ2v) is 5.34. The number of pyridine rings is 1. The Morgan fingerprint density at radius 2 is 2.08 bits per heavy atom. The number of nitrogens with zero attached hydrogens (tertiary/aromatic N) is 2. The summed E-state index contributed by atoms with van der Waals surface area (Å²) >= 11 is 0. The summed E-state index contributed by atoms with van der Waals surface area (Å²) in [5.41, 5.74) is 2.17. The summed E-state index contributed by atoms with van der Waals surface area (Å²) in [6, 6.07) is 10.0. The molecule has 0 saturated heterocycles. The van der Waals surface area contributed by atoms with Crippen LogP contribution >= 0.6 is 0 Å². The Labute approximate surface area is 156 Å². The Bertz CT molecular complexity index is 896. The molecule has 0 aliphatic carbocycles. The van der Waals surface area contributed by atoms with E-state index in [2.05, 4.69) is 16.9 Å². The maximum absolute atomic E-state index is 13.0. The average Bonchev–Trinajstić information content (AvgIpc) is 3.11. The number of benzene rings is 1. The van der Waals surface area contributed by atoms with Gasteiger partial charge in [0.1, 0.15) is 19.0 Å². The van der Waals surface area contributed by atoms with Crippen molar-refractivity contribution in [3.63, 3.8) is 0 Å². The molecule has 0 bridgehead atoms. The predicted octanol–water partition coefficient (Wildman–Crippen LogP) is -0.393. The Hall–Kier alpha value is -2.90. The van der Waals surface area contributed by atoms with E-state index >= 15 is 0 Å². The van der Waals surface area contributed by atoms with Crippen molar-refractivity contribution >= 4 is 23.2 Å². The summed E-state index contributed by atoms with van der Waals surface area (Å²) in [5, 5.41) is 4.68. The number of carbonyl (C=O) groups is 1. The van der Waals surface area contributed by atoms with E-state index in [-0.39, 0.29) is 24.8 Å². The fourth-order valence-corrected chi connectivity index (χ4v) is 2.42. The third-order valence-corrected chi connectivity index (χ3v) is 3.61. The van der Waals surface area contributed by atoms with Crippen LogP contribution in [0, 0.1) is 5.82 Å². The number of hydrogen-bond acceptors (Lipinski definition) is 3. The van der Waals surface area contributed by atoms with Gasteiger partial charge in [-0.1, -0.05) is 24.8 Å². The van der Waals surface area contributed by atoms with E-state index in [0.29, 0.717) is 17.9 Å². The van der Waals surface area contributed by atoms with Crippen molar-refractivity contribution < 1.29 is 31.6 Å². The minimum Gasteiger partial charge on any atom is -1.00 e. The van der Waals surface area contributed by atoms with Gasteiger partial charge in [0.2, 0.25) is 5.82 Å². The van der Waals surface area contributed by atoms with Gasteiger partial charge in [-0.2, -0.15) is 0 Å². The molecule has 136 valence electrons. The zero-order valence-electron chi connectivity index (χ0n) is 13.9. The van der Waals surface area contributed by atoms with Crippen LogP contribution in [0.25, 0.3) is 5.65 Å². The number of hydrogen-bond donors (Lipinski definition) is 2. The van der Waals surface area contributed by atoms with Gasteiger partial charge < -0.3 is 17.1 Å². The van der Waals surface area contributed by atoms with Gasteiger partial charge in [0.15, 0.2) is 5.65 Å². The van der Waals surface area contributed by atoms with Crippen LogP contribution in [0.5, 0.6) is 0 Å². The summed E-state index contributed by atoms with van der Waals surface area (Å²) in [6.45, 7) is 4.29. The van der Waals surface area contributed by atoms with Gasteiger partial charge >= 0.3 is 6.09 Å². The van der Waals surface area contributed by atoms with Crippen LogP contribution in [0.2, 0.25) is 0 Å². The molecule has 0 aliphatic heterocycles. The lowest BCUT2D eigenvalue weighted by atomic mass is 10.2. The van der Waals surface area contributed by atoms with Crippen molar-refractivity contribution in [1.82, 2.24) is 9.38 Å². The van der Waals surface area contributed by atoms with Gasteiger partial charge in [0.05, 0.1) is 5.69 Å². The maximum Gasteiger partial charge on any atom is 0.412 e. The molecule has 1 amide bonds. The number of amides is 1. The molecule has 0 spiro atoms. The molecule has 0 radical (unpaired) electrons. The number of imidazole rings is 1. The van der Waals surface area contributed by atoms with Crippen molar-refractivity contribution in [3.8, 4) is 0 Å². The molecule has 2 heterocycles. The van der Waals surface area contributed by atoms with Gasteiger partial charge in [-0.15, -0.1) is 0 Å². The van der Waals surface area contributed by atoms with E-state index in [1.807, 2.05) is 22.0 Å². The lowest BCUT2D eigenvalue weighted by Crippen LogP contribution is -3.00. The Kier molecular flexibility index (Phi) is 6.71. The molecule has 0 unspecified atom stereocenters. The van der Waals surface area contributed by atoms with Crippen LogP contribution in [0.1, 0.15) is 5.56 Å². The third kappa shape index (κ3) is 4.59. The summed E-state index contributed by atoms with van der Waals surface area (Å²) in [7, 11) is 0. The fourth-order valence-electron chi connectivity index (χ4n) is 2.42. The molecule has 3 N–H and O–H groups in total. The number of anilines is 1. The first-order valence-electron chi connectivity index (χ1n) is 7.76. The van der Waals surface area contributed by atoms with Crippen molar-refractivity contribution in [2.24, 2.45) is 0 Å². The molecule has 0 aliphatic rings. The third-order valence-electron chi connectivity index (χ3n) is 3.61. The first-order valence-corrected chi connectivity index (χ1v) is 7.76. The highest BCUT2D eigenvalue weighted by atomic mass is 35.5. The standard InChI is InChI=1S/C18H17FN4O2.ClH/c1-2-11-25-18(24)22-15-7-8-16(23-10-9-20-17(15)23)21-12-13-3-5-14(19)6-4-13;/h2-10,21H,1,11-12H2,(H,22,24);1H. The lowest BCUT2D eigenvalue weighted by Gasteiger charge is -2.09. The van der Waals surface area contributed by atoms with Crippen LogP contribution in [-0.4, -0.2) is 22.1 Å². The molecule has 8 heteroatoms. The smallest absolute Gasteiger partial charge is 0.412 e. The molecule has 3 aromatic rings. The van der Waals surface area contributed by atoms with Crippen LogP contribution in [0.3, 0.4) is 0 Å². The predicted molar refractivity (Wildman–Crippen MR) is 92.0 cm³/mol. The van der Waals surface area contributed by atoms with Crippen molar-refractivity contribution in [1.29, 1.82) is 0 Å². The Balaban J connectivity index is 0.00000243. The van der Waals surface area contributed by atoms with Gasteiger partial charge in [-0.3, -0.25) is 15.0 Å². The summed E-state index contributed by atoms with van der Waals surface area (Å²) in [5.74, 6) is 0.668. The molecule has 3 rings (SSSR count). The number of halogens is 2. The molecule has 26 heavy (non-hydrogen) atoms. The molecule has 0 saturated carbocycles. The molecule has 1 aromatic carbocycles. The number of quaternary nitrogens is 1. The highest BCUT2D eigenvalue weighted by Gasteiger charge is 2.12. The number of fused-ring (bicyclic) bond motifs is 1. The number of nitrogens with one attached hydrogen (secondary N) is 1. The van der Waals surface area contributed by atoms with Gasteiger partial charge in [-0.05, 0) is 18.2 Å². The minimum absolute atomic E-state index is 0. The lowest BCUT2D eigenvalue weighted by molar-refractivity contribution is -0.592. The monoisotopic (exact) mass is 376 g/mol.